The summed E-state index contributed by atoms with van der Waals surface area (Å²) in [4.78, 5) is 9.36. The van der Waals surface area contributed by atoms with Crippen LogP contribution in [0.15, 0.2) is 36.7 Å². The molecule has 0 aliphatic carbocycles. The van der Waals surface area contributed by atoms with E-state index in [0.29, 0.717) is 17.6 Å². The third kappa shape index (κ3) is 3.84. The molecule has 0 unspecified atom stereocenters. The molecule has 0 radical (unpaired) electrons. The Bertz CT molecular complexity index is 1240. The largest absolute Gasteiger partial charge is 0.370 e. The van der Waals surface area contributed by atoms with E-state index in [9.17, 15) is 5.26 Å². The van der Waals surface area contributed by atoms with Crippen molar-refractivity contribution in [3.8, 4) is 6.07 Å². The number of benzene rings is 1. The molecule has 8 nitrogen and oxygen atoms in total. The molecule has 0 bridgehead atoms. The van der Waals surface area contributed by atoms with E-state index in [1.807, 2.05) is 12.1 Å². The molecule has 6 rings (SSSR count). The number of ether oxygens (including phenoxy) is 1. The number of nitriles is 1. The fourth-order valence-corrected chi connectivity index (χ4v) is 5.72. The number of nitrogens with one attached hydrogen (secondary N) is 1. The topological polar surface area (TPSA) is 82.2 Å². The molecule has 0 amide bonds. The highest BCUT2D eigenvalue weighted by atomic mass is 16.5. The van der Waals surface area contributed by atoms with Crippen LogP contribution in [0.5, 0.6) is 0 Å². The maximum Gasteiger partial charge on any atom is 0.101 e. The van der Waals surface area contributed by atoms with Crippen molar-refractivity contribution < 1.29 is 4.74 Å². The van der Waals surface area contributed by atoms with Crippen molar-refractivity contribution >= 4 is 16.6 Å². The van der Waals surface area contributed by atoms with Crippen LogP contribution in [0, 0.1) is 11.3 Å². The van der Waals surface area contributed by atoms with Gasteiger partial charge in [-0.3, -0.25) is 14.6 Å². The number of rotatable bonds is 4. The second-order valence-electron chi connectivity index (χ2n) is 9.93. The van der Waals surface area contributed by atoms with E-state index in [4.69, 9.17) is 9.84 Å². The number of pyridine rings is 1. The Morgan fingerprint density at radius 1 is 1.18 bits per heavy atom. The normalized spacial score (nSPS) is 25.7. The first-order chi connectivity index (χ1) is 16.6. The molecule has 3 aliphatic rings. The summed E-state index contributed by atoms with van der Waals surface area (Å²) in [6.45, 7) is 9.99. The van der Waals surface area contributed by atoms with Crippen molar-refractivity contribution in [1.82, 2.24) is 25.0 Å². The molecule has 2 aromatic heterocycles. The number of likely N-dealkylation sites (tertiary alicyclic amines) is 1. The van der Waals surface area contributed by atoms with Crippen molar-refractivity contribution in [3.63, 3.8) is 0 Å². The molecule has 34 heavy (non-hydrogen) atoms. The lowest BCUT2D eigenvalue weighted by Gasteiger charge is -2.44. The highest BCUT2D eigenvalue weighted by Gasteiger charge is 2.35. The van der Waals surface area contributed by atoms with E-state index in [2.05, 4.69) is 63.0 Å². The van der Waals surface area contributed by atoms with Gasteiger partial charge in [-0.1, -0.05) is 0 Å². The molecule has 5 heterocycles. The third-order valence-electron chi connectivity index (χ3n) is 7.43. The van der Waals surface area contributed by atoms with Gasteiger partial charge in [-0.15, -0.1) is 0 Å². The van der Waals surface area contributed by atoms with Gasteiger partial charge in [0.25, 0.3) is 0 Å². The fourth-order valence-electron chi connectivity index (χ4n) is 5.72. The van der Waals surface area contributed by atoms with Crippen molar-refractivity contribution in [3.05, 3.63) is 53.5 Å². The standard InChI is InChI=1S/C26H31N7O/c1-17-11-32(25-6-5-19(10-27)26-22(25)4-3-8-29-26)15-21(34-17)14-31-12-20(13-31)33-16-23-18(2)28-9-7-24(23)30-33/h3-6,8,16-18,20-21,28H,7,9,11-15H2,1-2H3/t17-,18-,21+/m1/s1. The van der Waals surface area contributed by atoms with E-state index in [1.54, 1.807) is 6.20 Å². The van der Waals surface area contributed by atoms with Gasteiger partial charge in [0.2, 0.25) is 0 Å². The zero-order valence-corrected chi connectivity index (χ0v) is 19.8. The van der Waals surface area contributed by atoms with Crippen LogP contribution in [0.2, 0.25) is 0 Å². The predicted octanol–water partition coefficient (Wildman–Crippen LogP) is 2.66. The summed E-state index contributed by atoms with van der Waals surface area (Å²) in [5, 5.41) is 18.9. The van der Waals surface area contributed by atoms with Gasteiger partial charge >= 0.3 is 0 Å². The van der Waals surface area contributed by atoms with E-state index in [1.165, 1.54) is 11.3 Å². The smallest absolute Gasteiger partial charge is 0.101 e. The summed E-state index contributed by atoms with van der Waals surface area (Å²) in [5.74, 6) is 0. The second kappa shape index (κ2) is 8.66. The van der Waals surface area contributed by atoms with E-state index < -0.39 is 0 Å². The Morgan fingerprint density at radius 3 is 2.88 bits per heavy atom. The van der Waals surface area contributed by atoms with Crippen LogP contribution in [0.1, 0.15) is 42.8 Å². The van der Waals surface area contributed by atoms with Crippen molar-refractivity contribution in [1.29, 1.82) is 5.26 Å². The number of morpholine rings is 1. The Morgan fingerprint density at radius 2 is 2.06 bits per heavy atom. The zero-order valence-electron chi connectivity index (χ0n) is 19.8. The van der Waals surface area contributed by atoms with Gasteiger partial charge in [0, 0.05) is 80.8 Å². The molecular weight excluding hydrogens is 426 g/mol. The Balaban J connectivity index is 1.13. The summed E-state index contributed by atoms with van der Waals surface area (Å²) < 4.78 is 8.53. The number of hydrogen-bond donors (Lipinski definition) is 1. The first-order valence-corrected chi connectivity index (χ1v) is 12.3. The molecule has 176 valence electrons. The Labute approximate surface area is 200 Å². The fraction of sp³-hybridized carbons (Fsp3) is 0.500. The maximum atomic E-state index is 9.48. The quantitative estimate of drug-likeness (QED) is 0.645. The lowest BCUT2D eigenvalue weighted by molar-refractivity contribution is -0.0489. The van der Waals surface area contributed by atoms with Gasteiger partial charge < -0.3 is 15.0 Å². The summed E-state index contributed by atoms with van der Waals surface area (Å²) in [5.41, 5.74) is 5.14. The van der Waals surface area contributed by atoms with E-state index in [0.717, 1.165) is 62.3 Å². The first-order valence-electron chi connectivity index (χ1n) is 12.3. The summed E-state index contributed by atoms with van der Waals surface area (Å²) >= 11 is 0. The monoisotopic (exact) mass is 457 g/mol. The van der Waals surface area contributed by atoms with E-state index in [-0.39, 0.29) is 12.2 Å². The molecular formula is C26H31N7O. The van der Waals surface area contributed by atoms with Crippen molar-refractivity contribution in [2.75, 3.05) is 44.2 Å². The minimum Gasteiger partial charge on any atom is -0.370 e. The summed E-state index contributed by atoms with van der Waals surface area (Å²) in [6.07, 6.45) is 5.31. The van der Waals surface area contributed by atoms with Gasteiger partial charge in [0.05, 0.1) is 35.0 Å². The number of nitrogens with zero attached hydrogens (tertiary/aromatic N) is 6. The van der Waals surface area contributed by atoms with Crippen molar-refractivity contribution in [2.45, 2.75) is 44.6 Å². The van der Waals surface area contributed by atoms with Gasteiger partial charge in [0.15, 0.2) is 0 Å². The third-order valence-corrected chi connectivity index (χ3v) is 7.43. The Hall–Kier alpha value is -2.99. The molecule has 1 N–H and O–H groups in total. The minimum absolute atomic E-state index is 0.141. The predicted molar refractivity (Wildman–Crippen MR) is 131 cm³/mol. The lowest BCUT2D eigenvalue weighted by atomic mass is 10.0. The second-order valence-corrected chi connectivity index (χ2v) is 9.93. The van der Waals surface area contributed by atoms with Crippen LogP contribution in [0.3, 0.4) is 0 Å². The van der Waals surface area contributed by atoms with E-state index >= 15 is 0 Å². The highest BCUT2D eigenvalue weighted by Crippen LogP contribution is 2.31. The molecule has 3 aromatic rings. The summed E-state index contributed by atoms with van der Waals surface area (Å²) in [6, 6.07) is 11.1. The molecule has 0 saturated carbocycles. The van der Waals surface area contributed by atoms with Crippen LogP contribution in [-0.2, 0) is 11.2 Å². The summed E-state index contributed by atoms with van der Waals surface area (Å²) in [7, 11) is 0. The van der Waals surface area contributed by atoms with Gasteiger partial charge in [-0.2, -0.15) is 10.4 Å². The molecule has 3 atom stereocenters. The molecule has 3 aliphatic heterocycles. The van der Waals surface area contributed by atoms with Gasteiger partial charge in [-0.05, 0) is 38.1 Å². The number of anilines is 1. The van der Waals surface area contributed by atoms with Crippen LogP contribution >= 0.6 is 0 Å². The average Bonchev–Trinajstić information content (AvgIpc) is 3.25. The number of fused-ring (bicyclic) bond motifs is 2. The average molecular weight is 458 g/mol. The van der Waals surface area contributed by atoms with Gasteiger partial charge in [0.1, 0.15) is 6.07 Å². The molecule has 2 saturated heterocycles. The number of hydrogen-bond acceptors (Lipinski definition) is 7. The van der Waals surface area contributed by atoms with Gasteiger partial charge in [-0.25, -0.2) is 0 Å². The molecule has 2 fully saturated rings. The molecule has 1 aromatic carbocycles. The molecule has 8 heteroatoms. The zero-order chi connectivity index (χ0) is 23.2. The van der Waals surface area contributed by atoms with Crippen LogP contribution < -0.4 is 10.2 Å². The minimum atomic E-state index is 0.141. The van der Waals surface area contributed by atoms with Crippen LogP contribution in [0.25, 0.3) is 10.9 Å². The van der Waals surface area contributed by atoms with Crippen LogP contribution in [-0.4, -0.2) is 71.1 Å². The maximum absolute atomic E-state index is 9.48. The Kier molecular flexibility index (Phi) is 5.48. The first kappa shape index (κ1) is 21.5. The highest BCUT2D eigenvalue weighted by molar-refractivity contribution is 5.95. The molecule has 0 spiro atoms. The van der Waals surface area contributed by atoms with Crippen LogP contribution in [0.4, 0.5) is 5.69 Å². The van der Waals surface area contributed by atoms with Crippen molar-refractivity contribution in [2.24, 2.45) is 0 Å². The number of aromatic nitrogens is 3. The SMILES string of the molecule is C[C@@H]1CN(c2ccc(C#N)c3ncccc23)C[C@H](CN2CC(n3cc4c(n3)CCN[C@@H]4C)C2)O1. The lowest BCUT2D eigenvalue weighted by Crippen LogP contribution is -2.56.